The molecular formula is C15H27N3O. The molecular weight excluding hydrogens is 238 g/mol. The number of piperidine rings is 2. The summed E-state index contributed by atoms with van der Waals surface area (Å²) in [5.74, 6) is 0.260. The van der Waals surface area contributed by atoms with Crippen molar-refractivity contribution >= 4 is 5.91 Å². The third-order valence-electron chi connectivity index (χ3n) is 5.03. The van der Waals surface area contributed by atoms with E-state index in [0.29, 0.717) is 18.5 Å². The van der Waals surface area contributed by atoms with E-state index in [1.54, 1.807) is 0 Å². The van der Waals surface area contributed by atoms with Crippen molar-refractivity contribution < 1.29 is 4.79 Å². The normalized spacial score (nSPS) is 35.9. The fraction of sp³-hybridized carbons (Fsp3) is 0.933. The van der Waals surface area contributed by atoms with E-state index in [1.807, 2.05) is 0 Å². The van der Waals surface area contributed by atoms with Crippen molar-refractivity contribution in [3.8, 4) is 0 Å². The van der Waals surface area contributed by atoms with Gasteiger partial charge in [-0.15, -0.1) is 0 Å². The maximum absolute atomic E-state index is 12.1. The number of fused-ring (bicyclic) bond motifs is 1. The summed E-state index contributed by atoms with van der Waals surface area (Å²) in [6.07, 6.45) is 9.35. The molecule has 3 atom stereocenters. The van der Waals surface area contributed by atoms with Gasteiger partial charge in [-0.2, -0.15) is 0 Å². The van der Waals surface area contributed by atoms with Crippen molar-refractivity contribution in [3.63, 3.8) is 0 Å². The number of hydrogen-bond donors (Lipinski definition) is 2. The van der Waals surface area contributed by atoms with Crippen LogP contribution in [0.2, 0.25) is 0 Å². The monoisotopic (exact) mass is 265 g/mol. The SMILES string of the molecule is O=C(CC1CCCCN1)NC1CCN2CCCC2C1. The lowest BCUT2D eigenvalue weighted by Gasteiger charge is -2.35. The van der Waals surface area contributed by atoms with Crippen molar-refractivity contribution in [2.75, 3.05) is 19.6 Å². The van der Waals surface area contributed by atoms with E-state index < -0.39 is 0 Å². The standard InChI is InChI=1S/C15H27N3O/c19-15(11-12-4-1-2-7-16-12)17-13-6-9-18-8-3-5-14(18)10-13/h12-14,16H,1-11H2,(H,17,19). The molecule has 108 valence electrons. The minimum Gasteiger partial charge on any atom is -0.353 e. The fourth-order valence-corrected chi connectivity index (χ4v) is 3.96. The smallest absolute Gasteiger partial charge is 0.221 e. The maximum Gasteiger partial charge on any atom is 0.221 e. The molecule has 0 bridgehead atoms. The van der Waals surface area contributed by atoms with E-state index in [0.717, 1.165) is 25.4 Å². The molecule has 0 radical (unpaired) electrons. The first-order valence-electron chi connectivity index (χ1n) is 8.08. The van der Waals surface area contributed by atoms with Gasteiger partial charge in [-0.25, -0.2) is 0 Å². The molecule has 4 nitrogen and oxygen atoms in total. The number of nitrogens with zero attached hydrogens (tertiary/aromatic N) is 1. The van der Waals surface area contributed by atoms with E-state index >= 15 is 0 Å². The van der Waals surface area contributed by atoms with Gasteiger partial charge >= 0.3 is 0 Å². The Morgan fingerprint density at radius 3 is 2.95 bits per heavy atom. The first-order valence-corrected chi connectivity index (χ1v) is 8.08. The minimum absolute atomic E-state index is 0.260. The van der Waals surface area contributed by atoms with Crippen LogP contribution in [-0.2, 0) is 4.79 Å². The van der Waals surface area contributed by atoms with E-state index in [4.69, 9.17) is 0 Å². The summed E-state index contributed by atoms with van der Waals surface area (Å²) in [6, 6.07) is 1.59. The Bertz CT molecular complexity index is 315. The number of rotatable bonds is 3. The molecule has 0 aromatic heterocycles. The molecule has 3 unspecified atom stereocenters. The Kier molecular flexibility index (Phi) is 4.38. The zero-order chi connectivity index (χ0) is 13.1. The Morgan fingerprint density at radius 1 is 1.16 bits per heavy atom. The second-order valence-corrected chi connectivity index (χ2v) is 6.47. The molecule has 3 rings (SSSR count). The molecule has 3 aliphatic rings. The Morgan fingerprint density at radius 2 is 2.11 bits per heavy atom. The molecule has 1 amide bonds. The minimum atomic E-state index is 0.260. The molecule has 0 saturated carbocycles. The van der Waals surface area contributed by atoms with Crippen LogP contribution in [0.5, 0.6) is 0 Å². The van der Waals surface area contributed by atoms with E-state index in [9.17, 15) is 4.79 Å². The summed E-state index contributed by atoms with van der Waals surface area (Å²) < 4.78 is 0. The number of amides is 1. The van der Waals surface area contributed by atoms with Gasteiger partial charge in [0.1, 0.15) is 0 Å². The molecule has 0 aromatic carbocycles. The van der Waals surface area contributed by atoms with Crippen LogP contribution in [0.15, 0.2) is 0 Å². The van der Waals surface area contributed by atoms with Gasteiger partial charge < -0.3 is 15.5 Å². The van der Waals surface area contributed by atoms with Gasteiger partial charge in [0, 0.05) is 31.1 Å². The summed E-state index contributed by atoms with van der Waals surface area (Å²) in [4.78, 5) is 14.7. The highest BCUT2D eigenvalue weighted by Crippen LogP contribution is 2.26. The van der Waals surface area contributed by atoms with E-state index in [1.165, 1.54) is 45.2 Å². The molecule has 3 aliphatic heterocycles. The average molecular weight is 265 g/mol. The zero-order valence-electron chi connectivity index (χ0n) is 11.9. The van der Waals surface area contributed by atoms with Crippen LogP contribution in [0, 0.1) is 0 Å². The molecule has 0 spiro atoms. The third-order valence-corrected chi connectivity index (χ3v) is 5.03. The van der Waals surface area contributed by atoms with Gasteiger partial charge in [0.05, 0.1) is 0 Å². The fourth-order valence-electron chi connectivity index (χ4n) is 3.96. The Labute approximate surface area is 116 Å². The molecule has 2 N–H and O–H groups in total. The Hall–Kier alpha value is -0.610. The van der Waals surface area contributed by atoms with Crippen LogP contribution >= 0.6 is 0 Å². The molecule has 3 fully saturated rings. The van der Waals surface area contributed by atoms with Crippen LogP contribution in [0.1, 0.15) is 51.4 Å². The lowest BCUT2D eigenvalue weighted by Crippen LogP contribution is -2.48. The predicted octanol–water partition coefficient (Wildman–Crippen LogP) is 1.26. The van der Waals surface area contributed by atoms with E-state index in [-0.39, 0.29) is 5.91 Å². The summed E-state index contributed by atoms with van der Waals surface area (Å²) >= 11 is 0. The van der Waals surface area contributed by atoms with Crippen LogP contribution in [0.3, 0.4) is 0 Å². The third kappa shape index (κ3) is 3.48. The molecule has 3 saturated heterocycles. The topological polar surface area (TPSA) is 44.4 Å². The van der Waals surface area contributed by atoms with Gasteiger partial charge in [0.25, 0.3) is 0 Å². The van der Waals surface area contributed by atoms with Crippen molar-refractivity contribution in [2.45, 2.75) is 69.5 Å². The van der Waals surface area contributed by atoms with Gasteiger partial charge in [0.15, 0.2) is 0 Å². The van der Waals surface area contributed by atoms with Crippen molar-refractivity contribution in [1.29, 1.82) is 0 Å². The highest BCUT2D eigenvalue weighted by atomic mass is 16.1. The first kappa shape index (κ1) is 13.4. The predicted molar refractivity (Wildman–Crippen MR) is 76.0 cm³/mol. The summed E-state index contributed by atoms with van der Waals surface area (Å²) in [6.45, 7) is 3.53. The van der Waals surface area contributed by atoms with Crippen molar-refractivity contribution in [1.82, 2.24) is 15.5 Å². The van der Waals surface area contributed by atoms with Crippen LogP contribution < -0.4 is 10.6 Å². The van der Waals surface area contributed by atoms with Crippen LogP contribution in [0.25, 0.3) is 0 Å². The number of carbonyl (C=O) groups excluding carboxylic acids is 1. The summed E-state index contributed by atoms with van der Waals surface area (Å²) in [5.41, 5.74) is 0. The average Bonchev–Trinajstić information content (AvgIpc) is 2.87. The zero-order valence-corrected chi connectivity index (χ0v) is 11.9. The van der Waals surface area contributed by atoms with Gasteiger partial charge in [-0.1, -0.05) is 6.42 Å². The second kappa shape index (κ2) is 6.23. The van der Waals surface area contributed by atoms with Gasteiger partial charge in [0.2, 0.25) is 5.91 Å². The maximum atomic E-state index is 12.1. The lowest BCUT2D eigenvalue weighted by atomic mass is 9.96. The molecule has 0 aromatic rings. The molecule has 3 heterocycles. The molecule has 19 heavy (non-hydrogen) atoms. The highest BCUT2D eigenvalue weighted by Gasteiger charge is 2.32. The van der Waals surface area contributed by atoms with Crippen molar-refractivity contribution in [3.05, 3.63) is 0 Å². The second-order valence-electron chi connectivity index (χ2n) is 6.47. The lowest BCUT2D eigenvalue weighted by molar-refractivity contribution is -0.122. The number of hydrogen-bond acceptors (Lipinski definition) is 3. The Balaban J connectivity index is 1.41. The van der Waals surface area contributed by atoms with Crippen LogP contribution in [-0.4, -0.2) is 48.6 Å². The largest absolute Gasteiger partial charge is 0.353 e. The van der Waals surface area contributed by atoms with Crippen LogP contribution in [0.4, 0.5) is 0 Å². The summed E-state index contributed by atoms with van der Waals surface area (Å²) in [7, 11) is 0. The van der Waals surface area contributed by atoms with Gasteiger partial charge in [-0.05, 0) is 51.6 Å². The van der Waals surface area contributed by atoms with E-state index in [2.05, 4.69) is 15.5 Å². The number of carbonyl (C=O) groups is 1. The first-order chi connectivity index (χ1) is 9.31. The number of nitrogens with one attached hydrogen (secondary N) is 2. The van der Waals surface area contributed by atoms with Crippen molar-refractivity contribution in [2.24, 2.45) is 0 Å². The quantitative estimate of drug-likeness (QED) is 0.807. The highest BCUT2D eigenvalue weighted by molar-refractivity contribution is 5.76. The molecule has 4 heteroatoms. The molecule has 0 aliphatic carbocycles. The van der Waals surface area contributed by atoms with Gasteiger partial charge in [-0.3, -0.25) is 4.79 Å². The summed E-state index contributed by atoms with van der Waals surface area (Å²) in [5, 5.41) is 6.73.